The maximum absolute atomic E-state index is 12.1. The Morgan fingerprint density at radius 3 is 2.67 bits per heavy atom. The molecule has 1 unspecified atom stereocenters. The fourth-order valence-electron chi connectivity index (χ4n) is 3.38. The van der Waals surface area contributed by atoms with Crippen LogP contribution in [0.25, 0.3) is 17.2 Å². The van der Waals surface area contributed by atoms with Crippen LogP contribution in [-0.2, 0) is 21.1 Å². The zero-order chi connectivity index (χ0) is 21.1. The number of carbonyl (C=O) groups excluding carboxylic acids is 1. The average Bonchev–Trinajstić information content (AvgIpc) is 3.39. The maximum Gasteiger partial charge on any atom is 0.244 e. The summed E-state index contributed by atoms with van der Waals surface area (Å²) < 4.78 is 29.5. The number of rotatable bonds is 6. The van der Waals surface area contributed by atoms with E-state index >= 15 is 0 Å². The van der Waals surface area contributed by atoms with Gasteiger partial charge in [-0.15, -0.1) is 11.3 Å². The summed E-state index contributed by atoms with van der Waals surface area (Å²) in [6, 6.07) is 16.6. The van der Waals surface area contributed by atoms with Crippen LogP contribution in [0.5, 0.6) is 5.75 Å². The van der Waals surface area contributed by atoms with E-state index in [0.29, 0.717) is 13.0 Å². The maximum atomic E-state index is 12.1. The van der Waals surface area contributed by atoms with Gasteiger partial charge in [-0.3, -0.25) is 4.79 Å². The van der Waals surface area contributed by atoms with Gasteiger partial charge in [0, 0.05) is 29.2 Å². The molecule has 0 fully saturated rings. The molecule has 30 heavy (non-hydrogen) atoms. The number of fused-ring (bicyclic) bond motifs is 1. The van der Waals surface area contributed by atoms with E-state index in [4.69, 9.17) is 4.74 Å². The van der Waals surface area contributed by atoms with Gasteiger partial charge in [-0.05, 0) is 40.8 Å². The summed E-state index contributed by atoms with van der Waals surface area (Å²) >= 11 is 1.58. The molecule has 0 aliphatic carbocycles. The lowest BCUT2D eigenvalue weighted by molar-refractivity contribution is -0.116. The first-order valence-corrected chi connectivity index (χ1v) is 12.3. The fraction of sp³-hybridized carbons (Fsp3) is 0.174. The van der Waals surface area contributed by atoms with Gasteiger partial charge in [-0.2, -0.15) is 0 Å². The highest BCUT2D eigenvalue weighted by Gasteiger charge is 2.26. The summed E-state index contributed by atoms with van der Waals surface area (Å²) in [7, 11) is -3.23. The van der Waals surface area contributed by atoms with Gasteiger partial charge >= 0.3 is 0 Å². The number of benzene rings is 2. The van der Waals surface area contributed by atoms with Crippen molar-refractivity contribution in [1.29, 1.82) is 0 Å². The van der Waals surface area contributed by atoms with E-state index in [-0.39, 0.29) is 16.9 Å². The Kier molecular flexibility index (Phi) is 5.74. The standard InChI is InChI=1S/C23H21NO4S2/c1-30(26,27)20-10-7-16(8-11-20)21-6-2-4-17-14-18(28-23(17)21)15-24-22(25)12-9-19-5-3-13-29-19/h2-13,18H,14-15H2,1H3,(H,24,25). The smallest absolute Gasteiger partial charge is 0.244 e. The Labute approximate surface area is 179 Å². The fourth-order valence-corrected chi connectivity index (χ4v) is 4.63. The highest BCUT2D eigenvalue weighted by Crippen LogP contribution is 2.38. The molecule has 1 atom stereocenters. The lowest BCUT2D eigenvalue weighted by Crippen LogP contribution is -2.33. The number of hydrogen-bond acceptors (Lipinski definition) is 5. The Bertz CT molecular complexity index is 1180. The third-order valence-electron chi connectivity index (χ3n) is 4.87. The summed E-state index contributed by atoms with van der Waals surface area (Å²) in [5, 5.41) is 4.86. The van der Waals surface area contributed by atoms with Crippen molar-refractivity contribution in [3.63, 3.8) is 0 Å². The van der Waals surface area contributed by atoms with Crippen molar-refractivity contribution in [3.05, 3.63) is 76.5 Å². The Morgan fingerprint density at radius 1 is 1.17 bits per heavy atom. The van der Waals surface area contributed by atoms with Gasteiger partial charge in [0.2, 0.25) is 5.91 Å². The molecule has 4 rings (SSSR count). The van der Waals surface area contributed by atoms with E-state index in [1.807, 2.05) is 35.7 Å². The third-order valence-corrected chi connectivity index (χ3v) is 6.83. The van der Waals surface area contributed by atoms with Gasteiger partial charge in [0.15, 0.2) is 9.84 Å². The molecule has 7 heteroatoms. The van der Waals surface area contributed by atoms with Gasteiger partial charge in [-0.1, -0.05) is 36.4 Å². The summed E-state index contributed by atoms with van der Waals surface area (Å²) in [5.74, 6) is 0.637. The minimum atomic E-state index is -3.23. The van der Waals surface area contributed by atoms with Gasteiger partial charge in [0.05, 0.1) is 11.4 Å². The summed E-state index contributed by atoms with van der Waals surface area (Å²) in [4.78, 5) is 13.4. The van der Waals surface area contributed by atoms with Crippen LogP contribution in [0.4, 0.5) is 0 Å². The zero-order valence-electron chi connectivity index (χ0n) is 16.4. The highest BCUT2D eigenvalue weighted by atomic mass is 32.2. The lowest BCUT2D eigenvalue weighted by atomic mass is 10.0. The van der Waals surface area contributed by atoms with Gasteiger partial charge in [0.1, 0.15) is 11.9 Å². The lowest BCUT2D eigenvalue weighted by Gasteiger charge is -2.13. The van der Waals surface area contributed by atoms with Crippen molar-refractivity contribution >= 4 is 33.2 Å². The number of para-hydroxylation sites is 1. The first-order chi connectivity index (χ1) is 14.4. The molecule has 0 radical (unpaired) electrons. The topological polar surface area (TPSA) is 72.5 Å². The number of sulfone groups is 1. The van der Waals surface area contributed by atoms with Crippen LogP contribution in [0.2, 0.25) is 0 Å². The summed E-state index contributed by atoms with van der Waals surface area (Å²) in [6.45, 7) is 0.411. The number of carbonyl (C=O) groups is 1. The van der Waals surface area contributed by atoms with Crippen LogP contribution in [0.1, 0.15) is 10.4 Å². The Hall–Kier alpha value is -2.90. The van der Waals surface area contributed by atoms with Gasteiger partial charge in [0.25, 0.3) is 0 Å². The van der Waals surface area contributed by atoms with E-state index in [1.165, 1.54) is 12.3 Å². The van der Waals surface area contributed by atoms with Gasteiger partial charge < -0.3 is 10.1 Å². The van der Waals surface area contributed by atoms with Crippen LogP contribution >= 0.6 is 11.3 Å². The van der Waals surface area contributed by atoms with Crippen LogP contribution in [-0.4, -0.2) is 33.2 Å². The number of thiophene rings is 1. The molecule has 0 spiro atoms. The molecular weight excluding hydrogens is 418 g/mol. The van der Waals surface area contributed by atoms with E-state index < -0.39 is 9.84 Å². The second-order valence-corrected chi connectivity index (χ2v) is 10.1. The predicted molar refractivity (Wildman–Crippen MR) is 119 cm³/mol. The molecule has 0 saturated carbocycles. The molecule has 154 valence electrons. The number of amides is 1. The molecule has 2 heterocycles. The molecule has 0 bridgehead atoms. The molecule has 3 aromatic rings. The summed E-state index contributed by atoms with van der Waals surface area (Å²) in [6.07, 6.45) is 5.08. The number of ether oxygens (including phenoxy) is 1. The Morgan fingerprint density at radius 2 is 1.97 bits per heavy atom. The second kappa shape index (κ2) is 8.45. The van der Waals surface area contributed by atoms with E-state index in [0.717, 1.165) is 27.3 Å². The molecule has 1 aromatic heterocycles. The highest BCUT2D eigenvalue weighted by molar-refractivity contribution is 7.90. The molecule has 1 N–H and O–H groups in total. The molecule has 5 nitrogen and oxygen atoms in total. The first kappa shape index (κ1) is 20.4. The van der Waals surface area contributed by atoms with E-state index in [9.17, 15) is 13.2 Å². The van der Waals surface area contributed by atoms with E-state index in [2.05, 4.69) is 5.32 Å². The summed E-state index contributed by atoms with van der Waals surface area (Å²) in [5.41, 5.74) is 2.88. The molecule has 1 aliphatic heterocycles. The van der Waals surface area contributed by atoms with Crippen molar-refractivity contribution in [3.8, 4) is 16.9 Å². The predicted octanol–water partition coefficient (Wildman–Crippen LogP) is 3.95. The van der Waals surface area contributed by atoms with Crippen LogP contribution in [0.3, 0.4) is 0 Å². The first-order valence-electron chi connectivity index (χ1n) is 9.48. The van der Waals surface area contributed by atoms with Crippen molar-refractivity contribution in [1.82, 2.24) is 5.32 Å². The van der Waals surface area contributed by atoms with Crippen LogP contribution < -0.4 is 10.1 Å². The zero-order valence-corrected chi connectivity index (χ0v) is 18.0. The SMILES string of the molecule is CS(=O)(=O)c1ccc(-c2cccc3c2OC(CNC(=O)C=Cc2cccs2)C3)cc1. The van der Waals surface area contributed by atoms with Crippen molar-refractivity contribution in [2.45, 2.75) is 17.4 Å². The second-order valence-electron chi connectivity index (χ2n) is 7.13. The molecule has 2 aromatic carbocycles. The minimum Gasteiger partial charge on any atom is -0.487 e. The molecule has 1 aliphatic rings. The number of hydrogen-bond donors (Lipinski definition) is 1. The largest absolute Gasteiger partial charge is 0.487 e. The van der Waals surface area contributed by atoms with Gasteiger partial charge in [-0.25, -0.2) is 8.42 Å². The third kappa shape index (κ3) is 4.63. The minimum absolute atomic E-state index is 0.143. The molecule has 0 saturated heterocycles. The average molecular weight is 440 g/mol. The van der Waals surface area contributed by atoms with Crippen molar-refractivity contribution in [2.75, 3.05) is 12.8 Å². The molecular formula is C23H21NO4S2. The monoisotopic (exact) mass is 439 g/mol. The Balaban J connectivity index is 1.43. The normalized spacial score (nSPS) is 15.7. The van der Waals surface area contributed by atoms with Crippen molar-refractivity contribution < 1.29 is 17.9 Å². The quantitative estimate of drug-likeness (QED) is 0.591. The van der Waals surface area contributed by atoms with E-state index in [1.54, 1.807) is 41.7 Å². The number of nitrogens with one attached hydrogen (secondary N) is 1. The van der Waals surface area contributed by atoms with Crippen molar-refractivity contribution in [2.24, 2.45) is 0 Å². The van der Waals surface area contributed by atoms with Crippen LogP contribution in [0.15, 0.2) is 70.9 Å². The van der Waals surface area contributed by atoms with Crippen LogP contribution in [0, 0.1) is 0 Å². The molecule has 1 amide bonds.